The number of hydrogen-bond donors (Lipinski definition) is 1. The van der Waals surface area contributed by atoms with Gasteiger partial charge in [-0.1, -0.05) is 0 Å². The molecule has 0 radical (unpaired) electrons. The van der Waals surface area contributed by atoms with Crippen LogP contribution in [-0.2, 0) is 9.84 Å². The van der Waals surface area contributed by atoms with E-state index in [0.29, 0.717) is 5.82 Å². The quantitative estimate of drug-likeness (QED) is 0.734. The second kappa shape index (κ2) is 6.81. The maximum Gasteiger partial charge on any atom is 0.185 e. The number of nitrogens with zero attached hydrogens (tertiary/aromatic N) is 4. The molecule has 0 atom stereocenters. The average molecular weight is 390 g/mol. The summed E-state index contributed by atoms with van der Waals surface area (Å²) in [6, 6.07) is 5.24. The summed E-state index contributed by atoms with van der Waals surface area (Å²) in [6.45, 7) is 1.87. The van der Waals surface area contributed by atoms with E-state index >= 15 is 0 Å². The fraction of sp³-hybridized carbons (Fsp3) is 0.353. The van der Waals surface area contributed by atoms with Crippen LogP contribution < -0.4 is 10.2 Å². The number of aromatic nitrogens is 3. The summed E-state index contributed by atoms with van der Waals surface area (Å²) in [5.74, 6) is 0.688. The molecule has 1 aliphatic rings. The molecule has 0 saturated carbocycles. The van der Waals surface area contributed by atoms with E-state index in [4.69, 9.17) is 0 Å². The van der Waals surface area contributed by atoms with Gasteiger partial charge in [-0.25, -0.2) is 23.4 Å². The third kappa shape index (κ3) is 3.49. The molecule has 0 bridgehead atoms. The van der Waals surface area contributed by atoms with Crippen molar-refractivity contribution in [2.24, 2.45) is 0 Å². The van der Waals surface area contributed by atoms with Crippen LogP contribution in [0.25, 0.3) is 10.9 Å². The minimum atomic E-state index is -3.27. The highest BCUT2D eigenvalue weighted by molar-refractivity contribution is 7.90. The predicted octanol–water partition coefficient (Wildman–Crippen LogP) is 2.57. The third-order valence-corrected chi connectivity index (χ3v) is 6.50. The molecule has 0 amide bonds. The lowest BCUT2D eigenvalue weighted by molar-refractivity contribution is 0.525. The van der Waals surface area contributed by atoms with Crippen LogP contribution in [0.2, 0.25) is 0 Å². The van der Waals surface area contributed by atoms with E-state index in [1.54, 1.807) is 29.5 Å². The third-order valence-electron chi connectivity index (χ3n) is 4.56. The van der Waals surface area contributed by atoms with Crippen molar-refractivity contribution in [2.75, 3.05) is 29.6 Å². The monoisotopic (exact) mass is 389 g/mol. The van der Waals surface area contributed by atoms with Crippen molar-refractivity contribution in [3.8, 4) is 0 Å². The number of benzene rings is 1. The van der Waals surface area contributed by atoms with Crippen LogP contribution in [0, 0.1) is 0 Å². The van der Waals surface area contributed by atoms with Crippen molar-refractivity contribution in [3.05, 3.63) is 36.1 Å². The zero-order valence-corrected chi connectivity index (χ0v) is 15.9. The Morgan fingerprint density at radius 3 is 2.69 bits per heavy atom. The van der Waals surface area contributed by atoms with Gasteiger partial charge < -0.3 is 10.2 Å². The van der Waals surface area contributed by atoms with Gasteiger partial charge in [0.25, 0.3) is 0 Å². The molecule has 1 N–H and O–H groups in total. The van der Waals surface area contributed by atoms with E-state index in [9.17, 15) is 8.42 Å². The summed E-state index contributed by atoms with van der Waals surface area (Å²) in [4.78, 5) is 15.5. The second-order valence-corrected chi connectivity index (χ2v) is 9.28. The predicted molar refractivity (Wildman–Crippen MR) is 104 cm³/mol. The Bertz CT molecular complexity index is 1010. The van der Waals surface area contributed by atoms with E-state index in [0.717, 1.165) is 42.0 Å². The Kier molecular flexibility index (Phi) is 4.49. The minimum Gasteiger partial charge on any atom is -0.367 e. The van der Waals surface area contributed by atoms with Gasteiger partial charge in [0.2, 0.25) is 0 Å². The lowest BCUT2D eigenvalue weighted by atomic mass is 10.1. The molecule has 9 heteroatoms. The molecule has 136 valence electrons. The molecule has 0 spiro atoms. The van der Waals surface area contributed by atoms with E-state index in [1.165, 1.54) is 12.6 Å². The Balaban J connectivity index is 1.54. The fourth-order valence-electron chi connectivity index (χ4n) is 3.16. The minimum absolute atomic E-state index is 0.279. The lowest BCUT2D eigenvalue weighted by Gasteiger charge is -2.32. The largest absolute Gasteiger partial charge is 0.367 e. The van der Waals surface area contributed by atoms with Crippen LogP contribution in [0.5, 0.6) is 0 Å². The first-order valence-electron chi connectivity index (χ1n) is 8.36. The van der Waals surface area contributed by atoms with Crippen molar-refractivity contribution in [2.45, 2.75) is 23.8 Å². The lowest BCUT2D eigenvalue weighted by Crippen LogP contribution is -2.39. The van der Waals surface area contributed by atoms with Gasteiger partial charge in [-0.2, -0.15) is 0 Å². The summed E-state index contributed by atoms with van der Waals surface area (Å²) in [7, 11) is -3.27. The molecule has 2 aromatic heterocycles. The molecule has 3 aromatic rings. The molecular weight excluding hydrogens is 370 g/mol. The van der Waals surface area contributed by atoms with Gasteiger partial charge in [-0.3, -0.25) is 0 Å². The van der Waals surface area contributed by atoms with E-state index < -0.39 is 9.84 Å². The SMILES string of the molecule is CS(=O)(=O)c1ccc2ncnc(NC3CCN(c4nccs4)CC3)c2c1. The highest BCUT2D eigenvalue weighted by Gasteiger charge is 2.21. The van der Waals surface area contributed by atoms with Gasteiger partial charge in [0, 0.05) is 42.4 Å². The summed E-state index contributed by atoms with van der Waals surface area (Å²) < 4.78 is 23.7. The number of sulfone groups is 1. The molecule has 1 aliphatic heterocycles. The molecule has 26 heavy (non-hydrogen) atoms. The molecular formula is C17H19N5O2S2. The highest BCUT2D eigenvalue weighted by Crippen LogP contribution is 2.27. The first-order valence-corrected chi connectivity index (χ1v) is 11.1. The van der Waals surface area contributed by atoms with Crippen molar-refractivity contribution < 1.29 is 8.42 Å². The second-order valence-electron chi connectivity index (χ2n) is 6.39. The Morgan fingerprint density at radius 2 is 2.00 bits per heavy atom. The van der Waals surface area contributed by atoms with Gasteiger partial charge in [-0.15, -0.1) is 11.3 Å². The topological polar surface area (TPSA) is 88.1 Å². The van der Waals surface area contributed by atoms with Crippen LogP contribution in [-0.4, -0.2) is 48.8 Å². The van der Waals surface area contributed by atoms with Gasteiger partial charge in [0.1, 0.15) is 12.1 Å². The average Bonchev–Trinajstić information content (AvgIpc) is 3.16. The molecule has 4 rings (SSSR count). The van der Waals surface area contributed by atoms with Gasteiger partial charge in [0.15, 0.2) is 15.0 Å². The number of anilines is 2. The standard InChI is InChI=1S/C17H19N5O2S2/c1-26(23,24)13-2-3-15-14(10-13)16(20-11-19-15)21-12-4-7-22(8-5-12)17-18-6-9-25-17/h2-3,6,9-12H,4-5,7-8H2,1H3,(H,19,20,21). The Hall–Kier alpha value is -2.26. The zero-order chi connectivity index (χ0) is 18.1. The summed E-state index contributed by atoms with van der Waals surface area (Å²) >= 11 is 1.66. The molecule has 3 heterocycles. The van der Waals surface area contributed by atoms with Gasteiger partial charge in [-0.05, 0) is 31.0 Å². The van der Waals surface area contributed by atoms with E-state index in [2.05, 4.69) is 25.2 Å². The first-order chi connectivity index (χ1) is 12.5. The van der Waals surface area contributed by atoms with Crippen LogP contribution >= 0.6 is 11.3 Å². The number of thiazole rings is 1. The van der Waals surface area contributed by atoms with Crippen LogP contribution in [0.4, 0.5) is 10.9 Å². The molecule has 0 aliphatic carbocycles. The van der Waals surface area contributed by atoms with Crippen LogP contribution in [0.1, 0.15) is 12.8 Å². The fourth-order valence-corrected chi connectivity index (χ4v) is 4.51. The normalized spacial score (nSPS) is 16.1. The number of nitrogens with one attached hydrogen (secondary N) is 1. The van der Waals surface area contributed by atoms with Gasteiger partial charge in [0.05, 0.1) is 10.4 Å². The van der Waals surface area contributed by atoms with Crippen molar-refractivity contribution in [1.29, 1.82) is 0 Å². The van der Waals surface area contributed by atoms with Gasteiger partial charge >= 0.3 is 0 Å². The number of hydrogen-bond acceptors (Lipinski definition) is 8. The first kappa shape index (κ1) is 17.2. The molecule has 0 unspecified atom stereocenters. The molecule has 1 saturated heterocycles. The molecule has 1 fully saturated rings. The van der Waals surface area contributed by atoms with Crippen molar-refractivity contribution in [3.63, 3.8) is 0 Å². The smallest absolute Gasteiger partial charge is 0.185 e. The molecule has 7 nitrogen and oxygen atoms in total. The Labute approximate surface area is 156 Å². The maximum absolute atomic E-state index is 11.9. The summed E-state index contributed by atoms with van der Waals surface area (Å²) in [5.41, 5.74) is 0.732. The highest BCUT2D eigenvalue weighted by atomic mass is 32.2. The molecule has 1 aromatic carbocycles. The van der Waals surface area contributed by atoms with E-state index in [1.807, 2.05) is 11.6 Å². The van der Waals surface area contributed by atoms with Crippen molar-refractivity contribution >= 4 is 43.0 Å². The zero-order valence-electron chi connectivity index (χ0n) is 14.3. The number of fused-ring (bicyclic) bond motifs is 1. The van der Waals surface area contributed by atoms with Crippen molar-refractivity contribution in [1.82, 2.24) is 15.0 Å². The summed E-state index contributed by atoms with van der Waals surface area (Å²) in [5, 5.41) is 7.27. The van der Waals surface area contributed by atoms with E-state index in [-0.39, 0.29) is 10.9 Å². The summed E-state index contributed by atoms with van der Waals surface area (Å²) in [6.07, 6.45) is 6.49. The number of piperidine rings is 1. The Morgan fingerprint density at radius 1 is 1.19 bits per heavy atom. The number of rotatable bonds is 4. The van der Waals surface area contributed by atoms with Crippen LogP contribution in [0.15, 0.2) is 41.0 Å². The maximum atomic E-state index is 11.9. The van der Waals surface area contributed by atoms with Crippen LogP contribution in [0.3, 0.4) is 0 Å².